The molecule has 0 bridgehead atoms. The fraction of sp³-hybridized carbons (Fsp3) is 0.500. The monoisotopic (exact) mass is 389 g/mol. The first-order valence-corrected chi connectivity index (χ1v) is 9.20. The van der Waals surface area contributed by atoms with Crippen molar-refractivity contribution in [3.8, 4) is 0 Å². The summed E-state index contributed by atoms with van der Waals surface area (Å²) in [5, 5.41) is 4.67. The number of carbonyl (C=O) groups is 4. The molecule has 2 atom stereocenters. The molecule has 1 aliphatic rings. The summed E-state index contributed by atoms with van der Waals surface area (Å²) >= 11 is 0. The molecule has 8 heteroatoms. The number of imide groups is 1. The number of nitrogens with zero attached hydrogens (tertiary/aromatic N) is 1. The van der Waals surface area contributed by atoms with Crippen molar-refractivity contribution < 1.29 is 23.9 Å². The molecular formula is C20H27N3O5. The summed E-state index contributed by atoms with van der Waals surface area (Å²) in [6.07, 6.45) is 0.0438. The molecule has 28 heavy (non-hydrogen) atoms. The van der Waals surface area contributed by atoms with E-state index in [0.29, 0.717) is 0 Å². The number of hydrogen-bond acceptors (Lipinski definition) is 5. The second kappa shape index (κ2) is 8.86. The number of hydrogen-bond donors (Lipinski definition) is 2. The van der Waals surface area contributed by atoms with Gasteiger partial charge >= 0.3 is 12.0 Å². The van der Waals surface area contributed by atoms with Gasteiger partial charge < -0.3 is 15.0 Å². The third-order valence-electron chi connectivity index (χ3n) is 4.33. The van der Waals surface area contributed by atoms with Gasteiger partial charge in [-0.15, -0.1) is 0 Å². The predicted molar refractivity (Wildman–Crippen MR) is 102 cm³/mol. The summed E-state index contributed by atoms with van der Waals surface area (Å²) < 4.78 is 4.99. The molecule has 0 radical (unpaired) electrons. The predicted octanol–water partition coefficient (Wildman–Crippen LogP) is 1.76. The number of nitrogens with one attached hydrogen (secondary N) is 2. The van der Waals surface area contributed by atoms with Crippen LogP contribution < -0.4 is 10.6 Å². The van der Waals surface area contributed by atoms with E-state index in [1.807, 2.05) is 37.3 Å². The van der Waals surface area contributed by atoms with E-state index < -0.39 is 36.0 Å². The number of ether oxygens (including phenoxy) is 1. The zero-order valence-electron chi connectivity index (χ0n) is 16.7. The van der Waals surface area contributed by atoms with Crippen LogP contribution in [0.15, 0.2) is 30.3 Å². The Balaban J connectivity index is 1.83. The zero-order valence-corrected chi connectivity index (χ0v) is 16.7. The van der Waals surface area contributed by atoms with Gasteiger partial charge in [0.2, 0.25) is 5.91 Å². The molecule has 0 aliphatic carbocycles. The van der Waals surface area contributed by atoms with E-state index >= 15 is 0 Å². The van der Waals surface area contributed by atoms with Crippen molar-refractivity contribution in [2.24, 2.45) is 5.92 Å². The van der Waals surface area contributed by atoms with Crippen LogP contribution in [0.4, 0.5) is 4.79 Å². The Kier molecular flexibility index (Phi) is 6.77. The topological polar surface area (TPSA) is 105 Å². The van der Waals surface area contributed by atoms with Gasteiger partial charge in [-0.3, -0.25) is 19.7 Å². The first-order chi connectivity index (χ1) is 13.1. The minimum absolute atomic E-state index is 0.0438. The van der Waals surface area contributed by atoms with Crippen LogP contribution in [0.25, 0.3) is 0 Å². The molecule has 8 nitrogen and oxygen atoms in total. The minimum atomic E-state index is -0.728. The highest BCUT2D eigenvalue weighted by Crippen LogP contribution is 2.28. The normalized spacial score (nSPS) is 17.8. The molecule has 4 amide bonds. The number of amides is 4. The highest BCUT2D eigenvalue weighted by atomic mass is 16.5. The molecule has 1 heterocycles. The Morgan fingerprint density at radius 2 is 1.86 bits per heavy atom. The van der Waals surface area contributed by atoms with E-state index in [1.165, 1.54) is 0 Å². The van der Waals surface area contributed by atoms with E-state index in [-0.39, 0.29) is 24.9 Å². The molecular weight excluding hydrogens is 362 g/mol. The maximum atomic E-state index is 12.3. The molecule has 2 N–H and O–H groups in total. The minimum Gasteiger partial charge on any atom is -0.455 e. The van der Waals surface area contributed by atoms with Gasteiger partial charge in [-0.2, -0.15) is 0 Å². The second-order valence-corrected chi connectivity index (χ2v) is 7.89. The van der Waals surface area contributed by atoms with E-state index in [2.05, 4.69) is 10.6 Å². The van der Waals surface area contributed by atoms with Crippen molar-refractivity contribution in [3.63, 3.8) is 0 Å². The van der Waals surface area contributed by atoms with Gasteiger partial charge in [-0.25, -0.2) is 4.79 Å². The average molecular weight is 389 g/mol. The average Bonchev–Trinajstić information content (AvgIpc) is 3.00. The van der Waals surface area contributed by atoms with Crippen molar-refractivity contribution in [1.29, 1.82) is 0 Å². The maximum absolute atomic E-state index is 12.3. The summed E-state index contributed by atoms with van der Waals surface area (Å²) in [5.41, 5.74) is 0.485. The third kappa shape index (κ3) is 6.07. The first kappa shape index (κ1) is 21.4. The Labute approximate surface area is 164 Å². The van der Waals surface area contributed by atoms with Gasteiger partial charge in [0.1, 0.15) is 0 Å². The van der Waals surface area contributed by atoms with Crippen LogP contribution in [0, 0.1) is 5.92 Å². The molecule has 1 aromatic carbocycles. The standard InChI is InChI=1S/C20H27N3O5/c1-13(14-8-6-5-7-9-14)23-11-15(10-17(23)25)18(26)28-12-16(24)21-19(27)22-20(2,3)4/h5-9,13,15H,10-12H2,1-4H3,(H2,21,22,24,27)/t13-,15-/m1/s1. The Bertz CT molecular complexity index is 742. The molecule has 1 aromatic rings. The molecule has 2 rings (SSSR count). The number of likely N-dealkylation sites (tertiary alicyclic amines) is 1. The highest BCUT2D eigenvalue weighted by Gasteiger charge is 2.38. The summed E-state index contributed by atoms with van der Waals surface area (Å²) in [5.74, 6) is -2.11. The van der Waals surface area contributed by atoms with Crippen molar-refractivity contribution in [3.05, 3.63) is 35.9 Å². The molecule has 1 fully saturated rings. The highest BCUT2D eigenvalue weighted by molar-refractivity contribution is 5.96. The Hall–Kier alpha value is -2.90. The number of urea groups is 1. The number of rotatable bonds is 5. The Morgan fingerprint density at radius 1 is 1.21 bits per heavy atom. The zero-order chi connectivity index (χ0) is 20.9. The van der Waals surface area contributed by atoms with Gasteiger partial charge in [0.05, 0.1) is 12.0 Å². The van der Waals surface area contributed by atoms with E-state index in [4.69, 9.17) is 4.74 Å². The van der Waals surface area contributed by atoms with Crippen LogP contribution in [-0.4, -0.2) is 47.4 Å². The van der Waals surface area contributed by atoms with Crippen LogP contribution in [-0.2, 0) is 19.1 Å². The van der Waals surface area contributed by atoms with Crippen LogP contribution in [0.2, 0.25) is 0 Å². The van der Waals surface area contributed by atoms with Gasteiger partial charge in [-0.1, -0.05) is 30.3 Å². The fourth-order valence-electron chi connectivity index (χ4n) is 2.96. The smallest absolute Gasteiger partial charge is 0.321 e. The van der Waals surface area contributed by atoms with Crippen molar-refractivity contribution >= 4 is 23.8 Å². The van der Waals surface area contributed by atoms with E-state index in [9.17, 15) is 19.2 Å². The third-order valence-corrected chi connectivity index (χ3v) is 4.33. The van der Waals surface area contributed by atoms with Gasteiger partial charge in [0, 0.05) is 18.5 Å². The molecule has 0 saturated carbocycles. The molecule has 0 aromatic heterocycles. The number of benzene rings is 1. The van der Waals surface area contributed by atoms with Gasteiger partial charge in [0.25, 0.3) is 5.91 Å². The fourth-order valence-corrected chi connectivity index (χ4v) is 2.96. The SMILES string of the molecule is C[C@H](c1ccccc1)N1C[C@H](C(=O)OCC(=O)NC(=O)NC(C)(C)C)CC1=O. The first-order valence-electron chi connectivity index (χ1n) is 9.20. The van der Waals surface area contributed by atoms with Crippen molar-refractivity contribution in [2.45, 2.75) is 45.7 Å². The maximum Gasteiger partial charge on any atom is 0.321 e. The molecule has 1 saturated heterocycles. The lowest BCUT2D eigenvalue weighted by molar-refractivity contribution is -0.152. The summed E-state index contributed by atoms with van der Waals surface area (Å²) in [6, 6.07) is 8.73. The van der Waals surface area contributed by atoms with E-state index in [0.717, 1.165) is 5.56 Å². The van der Waals surface area contributed by atoms with Crippen LogP contribution in [0.3, 0.4) is 0 Å². The van der Waals surface area contributed by atoms with Gasteiger partial charge in [0.15, 0.2) is 6.61 Å². The quantitative estimate of drug-likeness (QED) is 0.747. The number of esters is 1. The summed E-state index contributed by atoms with van der Waals surface area (Å²) in [7, 11) is 0. The lowest BCUT2D eigenvalue weighted by atomic mass is 10.1. The molecule has 0 unspecified atom stereocenters. The van der Waals surface area contributed by atoms with Crippen LogP contribution in [0.5, 0.6) is 0 Å². The molecule has 1 aliphatic heterocycles. The van der Waals surface area contributed by atoms with Crippen molar-refractivity contribution in [2.75, 3.05) is 13.2 Å². The second-order valence-electron chi connectivity index (χ2n) is 7.89. The van der Waals surface area contributed by atoms with E-state index in [1.54, 1.807) is 25.7 Å². The largest absolute Gasteiger partial charge is 0.455 e. The molecule has 152 valence electrons. The molecule has 0 spiro atoms. The van der Waals surface area contributed by atoms with Crippen molar-refractivity contribution in [1.82, 2.24) is 15.5 Å². The lowest BCUT2D eigenvalue weighted by Gasteiger charge is -2.25. The number of carbonyl (C=O) groups excluding carboxylic acids is 4. The van der Waals surface area contributed by atoms with Gasteiger partial charge in [-0.05, 0) is 33.3 Å². The van der Waals surface area contributed by atoms with Crippen LogP contribution in [0.1, 0.15) is 45.7 Å². The summed E-state index contributed by atoms with van der Waals surface area (Å²) in [4.78, 5) is 49.6. The Morgan fingerprint density at radius 3 is 2.46 bits per heavy atom. The lowest BCUT2D eigenvalue weighted by Crippen LogP contribution is -2.49. The summed E-state index contributed by atoms with van der Waals surface area (Å²) in [6.45, 7) is 6.89. The van der Waals surface area contributed by atoms with Crippen LogP contribution >= 0.6 is 0 Å².